The van der Waals surface area contributed by atoms with Gasteiger partial charge in [0.2, 0.25) is 0 Å². The fourth-order valence-corrected chi connectivity index (χ4v) is 1.20. The smallest absolute Gasteiger partial charge is 0.378 e. The lowest BCUT2D eigenvalue weighted by molar-refractivity contribution is -0.0563. The SMILES string of the molecule is CCCCOC[C@H](F)COS(=O)(=O)C(F)(F)F. The summed E-state index contributed by atoms with van der Waals surface area (Å²) in [7, 11) is -5.72. The van der Waals surface area contributed by atoms with E-state index in [-0.39, 0.29) is 6.61 Å². The molecule has 104 valence electrons. The van der Waals surface area contributed by atoms with Crippen LogP contribution in [-0.2, 0) is 19.0 Å². The molecule has 0 aromatic carbocycles. The molecule has 1 atom stereocenters. The summed E-state index contributed by atoms with van der Waals surface area (Å²) in [6, 6.07) is 0. The lowest BCUT2D eigenvalue weighted by Crippen LogP contribution is -2.29. The second-order valence-corrected chi connectivity index (χ2v) is 4.82. The zero-order valence-corrected chi connectivity index (χ0v) is 9.98. The van der Waals surface area contributed by atoms with Crippen LogP contribution in [0.1, 0.15) is 19.8 Å². The Kier molecular flexibility index (Phi) is 6.95. The highest BCUT2D eigenvalue weighted by Crippen LogP contribution is 2.24. The molecule has 0 fully saturated rings. The van der Waals surface area contributed by atoms with Crippen LogP contribution in [0.15, 0.2) is 0 Å². The maximum absolute atomic E-state index is 12.9. The average Bonchev–Trinajstić information content (AvgIpc) is 2.20. The number of hydrogen-bond donors (Lipinski definition) is 0. The van der Waals surface area contributed by atoms with Gasteiger partial charge >= 0.3 is 15.6 Å². The van der Waals surface area contributed by atoms with Crippen molar-refractivity contribution >= 4 is 10.1 Å². The third-order valence-corrected chi connectivity index (χ3v) is 2.64. The van der Waals surface area contributed by atoms with Crippen molar-refractivity contribution < 1.29 is 34.9 Å². The molecule has 0 rings (SSSR count). The summed E-state index contributed by atoms with van der Waals surface area (Å²) in [5, 5.41) is 0. The van der Waals surface area contributed by atoms with E-state index in [1.54, 1.807) is 0 Å². The van der Waals surface area contributed by atoms with Crippen LogP contribution in [0.25, 0.3) is 0 Å². The zero-order valence-electron chi connectivity index (χ0n) is 9.17. The first kappa shape index (κ1) is 16.6. The maximum atomic E-state index is 12.9. The van der Waals surface area contributed by atoms with Gasteiger partial charge in [0.1, 0.15) is 12.8 Å². The van der Waals surface area contributed by atoms with E-state index in [2.05, 4.69) is 4.18 Å². The summed E-state index contributed by atoms with van der Waals surface area (Å²) < 4.78 is 77.2. The van der Waals surface area contributed by atoms with E-state index in [0.29, 0.717) is 6.42 Å². The van der Waals surface area contributed by atoms with Crippen molar-refractivity contribution in [2.24, 2.45) is 0 Å². The van der Waals surface area contributed by atoms with Crippen LogP contribution in [0.3, 0.4) is 0 Å². The van der Waals surface area contributed by atoms with Gasteiger partial charge in [0.05, 0.1) is 6.61 Å². The summed E-state index contributed by atoms with van der Waals surface area (Å²) >= 11 is 0. The third-order valence-electron chi connectivity index (χ3n) is 1.63. The Balaban J connectivity index is 3.88. The molecule has 4 nitrogen and oxygen atoms in total. The van der Waals surface area contributed by atoms with Gasteiger partial charge in [-0.25, -0.2) is 4.39 Å². The van der Waals surface area contributed by atoms with E-state index in [9.17, 15) is 26.0 Å². The molecule has 0 spiro atoms. The number of hydrogen-bond acceptors (Lipinski definition) is 4. The molecule has 9 heteroatoms. The first-order chi connectivity index (χ1) is 7.70. The Morgan fingerprint density at radius 2 is 1.82 bits per heavy atom. The minimum absolute atomic E-state index is 0.267. The molecule has 0 saturated carbocycles. The van der Waals surface area contributed by atoms with Gasteiger partial charge in [-0.05, 0) is 6.42 Å². The maximum Gasteiger partial charge on any atom is 0.523 e. The molecule has 0 aliphatic carbocycles. The highest BCUT2D eigenvalue weighted by atomic mass is 32.2. The van der Waals surface area contributed by atoms with E-state index in [0.717, 1.165) is 6.42 Å². The Morgan fingerprint density at radius 1 is 1.24 bits per heavy atom. The number of rotatable bonds is 8. The number of halogens is 4. The van der Waals surface area contributed by atoms with Gasteiger partial charge in [-0.2, -0.15) is 21.6 Å². The van der Waals surface area contributed by atoms with Crippen molar-refractivity contribution in [1.29, 1.82) is 0 Å². The van der Waals surface area contributed by atoms with E-state index >= 15 is 0 Å². The summed E-state index contributed by atoms with van der Waals surface area (Å²) in [5.41, 5.74) is -5.53. The monoisotopic (exact) mass is 282 g/mol. The van der Waals surface area contributed by atoms with Gasteiger partial charge in [0.25, 0.3) is 0 Å². The Bertz CT molecular complexity index is 301. The van der Waals surface area contributed by atoms with Crippen molar-refractivity contribution in [3.05, 3.63) is 0 Å². The van der Waals surface area contributed by atoms with Gasteiger partial charge in [-0.3, -0.25) is 4.18 Å². The molecule has 0 aliphatic heterocycles. The van der Waals surface area contributed by atoms with Crippen LogP contribution in [0.5, 0.6) is 0 Å². The van der Waals surface area contributed by atoms with E-state index in [1.165, 1.54) is 0 Å². The van der Waals surface area contributed by atoms with Gasteiger partial charge in [-0.15, -0.1) is 0 Å². The van der Waals surface area contributed by atoms with Crippen molar-refractivity contribution in [3.63, 3.8) is 0 Å². The largest absolute Gasteiger partial charge is 0.523 e. The van der Waals surface area contributed by atoms with E-state index < -0.39 is 35.0 Å². The minimum atomic E-state index is -5.72. The molecular formula is C8H14F4O4S. The first-order valence-corrected chi connectivity index (χ1v) is 6.29. The molecule has 0 heterocycles. The van der Waals surface area contributed by atoms with Crippen molar-refractivity contribution in [3.8, 4) is 0 Å². The molecular weight excluding hydrogens is 268 g/mol. The molecule has 17 heavy (non-hydrogen) atoms. The highest BCUT2D eigenvalue weighted by Gasteiger charge is 2.47. The molecule has 0 unspecified atom stereocenters. The second-order valence-electron chi connectivity index (χ2n) is 3.21. The number of alkyl halides is 4. The predicted octanol–water partition coefficient (Wildman–Crippen LogP) is 2.01. The van der Waals surface area contributed by atoms with Crippen LogP contribution >= 0.6 is 0 Å². The first-order valence-electron chi connectivity index (χ1n) is 4.88. The fraction of sp³-hybridized carbons (Fsp3) is 1.00. The molecule has 0 saturated heterocycles. The third kappa shape index (κ3) is 6.79. The van der Waals surface area contributed by atoms with Gasteiger partial charge in [0.15, 0.2) is 0 Å². The summed E-state index contributed by atoms with van der Waals surface area (Å²) in [4.78, 5) is 0. The van der Waals surface area contributed by atoms with Crippen molar-refractivity contribution in [2.45, 2.75) is 31.4 Å². The molecule has 0 N–H and O–H groups in total. The van der Waals surface area contributed by atoms with Gasteiger partial charge < -0.3 is 4.74 Å². The lowest BCUT2D eigenvalue weighted by Gasteiger charge is -2.11. The molecule has 0 aliphatic rings. The Hall–Kier alpha value is -0.410. The lowest BCUT2D eigenvalue weighted by atomic mass is 10.3. The Labute approximate surface area is 97.0 Å². The molecule has 0 amide bonds. The number of unbranched alkanes of at least 4 members (excludes halogenated alkanes) is 1. The fourth-order valence-electron chi connectivity index (χ4n) is 0.736. The Morgan fingerprint density at radius 3 is 2.29 bits per heavy atom. The standard InChI is InChI=1S/C8H14F4O4S/c1-2-3-4-15-5-7(9)6-16-17(13,14)8(10,11)12/h7H,2-6H2,1H3/t7-/m0/s1. The van der Waals surface area contributed by atoms with E-state index in [4.69, 9.17) is 4.74 Å². The minimum Gasteiger partial charge on any atom is -0.378 e. The van der Waals surface area contributed by atoms with Gasteiger partial charge in [0, 0.05) is 6.61 Å². The van der Waals surface area contributed by atoms with Crippen LogP contribution < -0.4 is 0 Å². The summed E-state index contributed by atoms with van der Waals surface area (Å²) in [6.45, 7) is 0.458. The van der Waals surface area contributed by atoms with Crippen LogP contribution in [0.4, 0.5) is 17.6 Å². The molecule has 0 aromatic rings. The summed E-state index contributed by atoms with van der Waals surface area (Å²) in [5.74, 6) is 0. The average molecular weight is 282 g/mol. The predicted molar refractivity (Wildman–Crippen MR) is 51.5 cm³/mol. The molecule has 0 bridgehead atoms. The van der Waals surface area contributed by atoms with E-state index in [1.807, 2.05) is 6.92 Å². The van der Waals surface area contributed by atoms with Crippen molar-refractivity contribution in [2.75, 3.05) is 19.8 Å². The second kappa shape index (κ2) is 7.12. The molecule has 0 radical (unpaired) electrons. The topological polar surface area (TPSA) is 52.6 Å². The highest BCUT2D eigenvalue weighted by molar-refractivity contribution is 7.87. The number of ether oxygens (including phenoxy) is 1. The van der Waals surface area contributed by atoms with Crippen molar-refractivity contribution in [1.82, 2.24) is 0 Å². The quantitative estimate of drug-likeness (QED) is 0.296. The van der Waals surface area contributed by atoms with Crippen LogP contribution in [-0.4, -0.2) is 39.9 Å². The molecule has 0 aromatic heterocycles. The van der Waals surface area contributed by atoms with Gasteiger partial charge in [-0.1, -0.05) is 13.3 Å². The summed E-state index contributed by atoms with van der Waals surface area (Å²) in [6.07, 6.45) is -0.395. The van der Waals surface area contributed by atoms with Crippen LogP contribution in [0.2, 0.25) is 0 Å². The normalized spacial score (nSPS) is 14.9. The van der Waals surface area contributed by atoms with Crippen LogP contribution in [0, 0.1) is 0 Å². The zero-order chi connectivity index (χ0) is 13.5.